The Morgan fingerprint density at radius 2 is 2.25 bits per heavy atom. The molecule has 24 heavy (non-hydrogen) atoms. The highest BCUT2D eigenvalue weighted by Gasteiger charge is 2.54. The summed E-state index contributed by atoms with van der Waals surface area (Å²) in [7, 11) is -3.96. The van der Waals surface area contributed by atoms with Gasteiger partial charge in [-0.3, -0.25) is 4.85 Å². The molecule has 0 amide bonds. The van der Waals surface area contributed by atoms with Crippen molar-refractivity contribution in [3.05, 3.63) is 40.5 Å². The molecule has 126 valence electrons. The molecule has 1 aliphatic carbocycles. The van der Waals surface area contributed by atoms with Gasteiger partial charge in [-0.25, -0.2) is 24.3 Å². The Labute approximate surface area is 143 Å². The van der Waals surface area contributed by atoms with Crippen LogP contribution in [-0.2, 0) is 14.8 Å². The van der Waals surface area contributed by atoms with Gasteiger partial charge in [-0.2, -0.15) is 5.10 Å². The first kappa shape index (κ1) is 16.7. The third kappa shape index (κ3) is 2.84. The van der Waals surface area contributed by atoms with Crippen LogP contribution in [0.3, 0.4) is 0 Å². The Hall–Kier alpha value is -2.15. The standard InChI is InChI=1S/C14H13ClN4O4S/c1-3-23-13(20)10-8-17-19-11(10)6-9(7-12(19)15)24(21,22)18-14(16-2)4-5-14/h6-8,18H,3-5H2,1H3. The molecule has 0 radical (unpaired) electrons. The largest absolute Gasteiger partial charge is 0.462 e. The Morgan fingerprint density at radius 1 is 1.54 bits per heavy atom. The molecule has 0 aromatic carbocycles. The number of nitrogens with one attached hydrogen (secondary N) is 1. The fourth-order valence-electron chi connectivity index (χ4n) is 2.21. The molecule has 0 spiro atoms. The van der Waals surface area contributed by atoms with Crippen LogP contribution in [0.2, 0.25) is 5.15 Å². The molecule has 0 unspecified atom stereocenters. The quantitative estimate of drug-likeness (QED) is 0.494. The molecule has 2 aromatic heterocycles. The summed E-state index contributed by atoms with van der Waals surface area (Å²) in [6.45, 7) is 8.93. The molecular formula is C14H13ClN4O4S. The van der Waals surface area contributed by atoms with E-state index in [0.717, 1.165) is 0 Å². The summed E-state index contributed by atoms with van der Waals surface area (Å²) in [5.41, 5.74) is -0.738. The van der Waals surface area contributed by atoms with E-state index in [0.29, 0.717) is 12.8 Å². The number of hydrogen-bond acceptors (Lipinski definition) is 5. The van der Waals surface area contributed by atoms with Gasteiger partial charge in [0, 0.05) is 0 Å². The third-order valence-electron chi connectivity index (χ3n) is 3.62. The number of ether oxygens (including phenoxy) is 1. The van der Waals surface area contributed by atoms with Gasteiger partial charge in [0.15, 0.2) is 0 Å². The van der Waals surface area contributed by atoms with E-state index in [2.05, 4.69) is 14.7 Å². The van der Waals surface area contributed by atoms with Gasteiger partial charge in [0.25, 0.3) is 5.66 Å². The van der Waals surface area contributed by atoms with Gasteiger partial charge < -0.3 is 4.74 Å². The summed E-state index contributed by atoms with van der Waals surface area (Å²) in [6, 6.07) is 2.51. The van der Waals surface area contributed by atoms with Crippen molar-refractivity contribution in [1.29, 1.82) is 0 Å². The van der Waals surface area contributed by atoms with E-state index in [1.807, 2.05) is 0 Å². The summed E-state index contributed by atoms with van der Waals surface area (Å²) in [5.74, 6) is -0.620. The number of aromatic nitrogens is 2. The van der Waals surface area contributed by atoms with E-state index in [9.17, 15) is 13.2 Å². The third-order valence-corrected chi connectivity index (χ3v) is 5.39. The number of carbonyl (C=O) groups is 1. The molecular weight excluding hydrogens is 356 g/mol. The van der Waals surface area contributed by atoms with Crippen LogP contribution in [0.15, 0.2) is 23.2 Å². The van der Waals surface area contributed by atoms with Crippen LogP contribution in [0.25, 0.3) is 10.4 Å². The van der Waals surface area contributed by atoms with Crippen molar-refractivity contribution < 1.29 is 17.9 Å². The van der Waals surface area contributed by atoms with Gasteiger partial charge in [-0.05, 0) is 19.1 Å². The van der Waals surface area contributed by atoms with Crippen molar-refractivity contribution in [2.75, 3.05) is 6.61 Å². The lowest BCUT2D eigenvalue weighted by molar-refractivity contribution is 0.0528. The molecule has 1 saturated carbocycles. The summed E-state index contributed by atoms with van der Waals surface area (Å²) in [5, 5.41) is 3.99. The summed E-state index contributed by atoms with van der Waals surface area (Å²) < 4.78 is 33.6. The average Bonchev–Trinajstić information content (AvgIpc) is 3.15. The molecule has 0 atom stereocenters. The van der Waals surface area contributed by atoms with Gasteiger partial charge in [0.05, 0.1) is 36.1 Å². The van der Waals surface area contributed by atoms with E-state index < -0.39 is 21.7 Å². The zero-order valence-corrected chi connectivity index (χ0v) is 14.2. The number of hydrogen-bond donors (Lipinski definition) is 1. The van der Waals surface area contributed by atoms with Crippen molar-refractivity contribution in [3.63, 3.8) is 0 Å². The van der Waals surface area contributed by atoms with Crippen LogP contribution in [0.1, 0.15) is 30.1 Å². The number of pyridine rings is 1. The minimum absolute atomic E-state index is 0.0242. The lowest BCUT2D eigenvalue weighted by Crippen LogP contribution is -2.34. The maximum absolute atomic E-state index is 12.5. The van der Waals surface area contributed by atoms with Crippen LogP contribution in [0.5, 0.6) is 0 Å². The van der Waals surface area contributed by atoms with Crippen molar-refractivity contribution in [2.24, 2.45) is 0 Å². The van der Waals surface area contributed by atoms with E-state index in [1.54, 1.807) is 6.92 Å². The molecule has 0 bridgehead atoms. The summed E-state index contributed by atoms with van der Waals surface area (Å²) >= 11 is 6.08. The molecule has 3 rings (SSSR count). The van der Waals surface area contributed by atoms with E-state index in [1.165, 1.54) is 22.8 Å². The predicted octanol–water partition coefficient (Wildman–Crippen LogP) is 1.85. The van der Waals surface area contributed by atoms with E-state index in [-0.39, 0.29) is 27.7 Å². The van der Waals surface area contributed by atoms with Crippen LogP contribution in [-0.4, -0.2) is 36.3 Å². The van der Waals surface area contributed by atoms with Crippen LogP contribution in [0, 0.1) is 6.57 Å². The lowest BCUT2D eigenvalue weighted by atomic mass is 10.2. The van der Waals surface area contributed by atoms with E-state index in [4.69, 9.17) is 22.9 Å². The highest BCUT2D eigenvalue weighted by molar-refractivity contribution is 7.89. The molecule has 2 heterocycles. The number of halogens is 1. The molecule has 0 saturated heterocycles. The molecule has 1 fully saturated rings. The first-order chi connectivity index (χ1) is 11.3. The first-order valence-corrected chi connectivity index (χ1v) is 8.95. The van der Waals surface area contributed by atoms with Gasteiger partial charge in [0.1, 0.15) is 10.7 Å². The number of fused-ring (bicyclic) bond motifs is 1. The second kappa shape index (κ2) is 5.73. The van der Waals surface area contributed by atoms with Crippen molar-refractivity contribution in [2.45, 2.75) is 30.3 Å². The van der Waals surface area contributed by atoms with Crippen molar-refractivity contribution in [3.8, 4) is 0 Å². The van der Waals surface area contributed by atoms with Gasteiger partial charge in [-0.15, -0.1) is 4.72 Å². The van der Waals surface area contributed by atoms with Gasteiger partial charge >= 0.3 is 5.97 Å². The number of rotatable bonds is 5. The fourth-order valence-corrected chi connectivity index (χ4v) is 3.93. The van der Waals surface area contributed by atoms with Crippen LogP contribution in [0.4, 0.5) is 0 Å². The topological polar surface area (TPSA) is 94.1 Å². The minimum Gasteiger partial charge on any atom is -0.462 e. The Kier molecular flexibility index (Phi) is 3.99. The fraction of sp³-hybridized carbons (Fsp3) is 0.357. The van der Waals surface area contributed by atoms with Gasteiger partial charge in [-0.1, -0.05) is 11.6 Å². The summed E-state index contributed by atoms with van der Waals surface area (Å²) in [6.07, 6.45) is 2.20. The Morgan fingerprint density at radius 3 is 2.83 bits per heavy atom. The van der Waals surface area contributed by atoms with E-state index >= 15 is 0 Å². The number of carbonyl (C=O) groups excluding carboxylic acids is 1. The molecule has 1 N–H and O–H groups in total. The highest BCUT2D eigenvalue weighted by Crippen LogP contribution is 2.38. The second-order valence-corrected chi connectivity index (χ2v) is 7.41. The second-order valence-electron chi connectivity index (χ2n) is 5.34. The molecule has 10 heteroatoms. The smallest absolute Gasteiger partial charge is 0.341 e. The Bertz CT molecular complexity index is 973. The number of nitrogens with zero attached hydrogens (tertiary/aromatic N) is 3. The summed E-state index contributed by atoms with van der Waals surface area (Å²) in [4.78, 5) is 15.1. The molecule has 2 aromatic rings. The van der Waals surface area contributed by atoms with Crippen LogP contribution >= 0.6 is 11.6 Å². The maximum atomic E-state index is 12.5. The van der Waals surface area contributed by atoms with Crippen molar-refractivity contribution in [1.82, 2.24) is 14.3 Å². The van der Waals surface area contributed by atoms with Crippen molar-refractivity contribution >= 4 is 33.1 Å². The van der Waals surface area contributed by atoms with Crippen LogP contribution < -0.4 is 4.72 Å². The average molecular weight is 369 g/mol. The highest BCUT2D eigenvalue weighted by atomic mass is 35.5. The monoisotopic (exact) mass is 368 g/mol. The molecule has 1 aliphatic rings. The zero-order valence-electron chi connectivity index (χ0n) is 12.6. The normalized spacial score (nSPS) is 15.9. The maximum Gasteiger partial charge on any atom is 0.341 e. The Balaban J connectivity index is 2.08. The zero-order chi connectivity index (χ0) is 17.5. The molecule has 0 aliphatic heterocycles. The molecule has 8 nitrogen and oxygen atoms in total. The number of sulfonamides is 1. The number of esters is 1. The lowest BCUT2D eigenvalue weighted by Gasteiger charge is -2.09. The minimum atomic E-state index is -3.96. The first-order valence-electron chi connectivity index (χ1n) is 7.09. The SMILES string of the molecule is [C-]#[N+]C1(NS(=O)(=O)c2cc(Cl)n3ncc(C(=O)OCC)c3c2)CC1. The predicted molar refractivity (Wildman–Crippen MR) is 85.0 cm³/mol. The van der Waals surface area contributed by atoms with Gasteiger partial charge in [0.2, 0.25) is 10.0 Å².